The van der Waals surface area contributed by atoms with E-state index in [1.165, 1.54) is 19.3 Å². The van der Waals surface area contributed by atoms with Gasteiger partial charge in [0.1, 0.15) is 5.82 Å². The standard InChI is InChI=1S/C15H21N3O/c1-16-14-13(3-2-8-17-14)15(19)18-12-6-4-10-9-11(10)5-7-12/h2-3,8,10-12H,4-7,9H2,1H3,(H,16,17)(H,18,19). The van der Waals surface area contributed by atoms with Crippen LogP contribution in [0.5, 0.6) is 0 Å². The lowest BCUT2D eigenvalue weighted by atomic mass is 10.1. The number of pyridine rings is 1. The van der Waals surface area contributed by atoms with Crippen LogP contribution in [0.1, 0.15) is 42.5 Å². The van der Waals surface area contributed by atoms with Gasteiger partial charge in [-0.25, -0.2) is 4.98 Å². The third-order valence-electron chi connectivity index (χ3n) is 4.47. The summed E-state index contributed by atoms with van der Waals surface area (Å²) in [6.07, 6.45) is 7.93. The monoisotopic (exact) mass is 259 g/mol. The fourth-order valence-corrected chi connectivity index (χ4v) is 3.19. The Morgan fingerprint density at radius 2 is 2.00 bits per heavy atom. The van der Waals surface area contributed by atoms with E-state index in [0.29, 0.717) is 17.4 Å². The van der Waals surface area contributed by atoms with Crippen molar-refractivity contribution in [3.05, 3.63) is 23.9 Å². The molecule has 1 aromatic heterocycles. The highest BCUT2D eigenvalue weighted by molar-refractivity contribution is 5.98. The van der Waals surface area contributed by atoms with Crippen molar-refractivity contribution in [3.8, 4) is 0 Å². The maximum absolute atomic E-state index is 12.3. The number of nitrogens with one attached hydrogen (secondary N) is 2. The number of rotatable bonds is 3. The number of aromatic nitrogens is 1. The van der Waals surface area contributed by atoms with Crippen LogP contribution in [0.15, 0.2) is 18.3 Å². The topological polar surface area (TPSA) is 54.0 Å². The average Bonchev–Trinajstić information content (AvgIpc) is 3.20. The molecule has 0 radical (unpaired) electrons. The molecule has 4 heteroatoms. The van der Waals surface area contributed by atoms with Crippen LogP contribution in [0.2, 0.25) is 0 Å². The number of hydrogen-bond donors (Lipinski definition) is 2. The van der Waals surface area contributed by atoms with Gasteiger partial charge in [0.05, 0.1) is 5.56 Å². The fourth-order valence-electron chi connectivity index (χ4n) is 3.19. The number of fused-ring (bicyclic) bond motifs is 1. The van der Waals surface area contributed by atoms with E-state index < -0.39 is 0 Å². The largest absolute Gasteiger partial charge is 0.372 e. The molecule has 4 nitrogen and oxygen atoms in total. The van der Waals surface area contributed by atoms with Gasteiger partial charge >= 0.3 is 0 Å². The molecular formula is C15H21N3O. The summed E-state index contributed by atoms with van der Waals surface area (Å²) in [7, 11) is 1.79. The summed E-state index contributed by atoms with van der Waals surface area (Å²) in [5, 5.41) is 6.14. The van der Waals surface area contributed by atoms with Crippen molar-refractivity contribution in [1.29, 1.82) is 0 Å². The van der Waals surface area contributed by atoms with E-state index in [4.69, 9.17) is 0 Å². The number of nitrogens with zero attached hydrogens (tertiary/aromatic N) is 1. The van der Waals surface area contributed by atoms with Crippen molar-refractivity contribution in [3.63, 3.8) is 0 Å². The molecule has 0 spiro atoms. The van der Waals surface area contributed by atoms with E-state index in [0.717, 1.165) is 24.7 Å². The van der Waals surface area contributed by atoms with Crippen LogP contribution in [0, 0.1) is 11.8 Å². The molecule has 2 unspecified atom stereocenters. The molecule has 19 heavy (non-hydrogen) atoms. The van der Waals surface area contributed by atoms with Crippen molar-refractivity contribution < 1.29 is 4.79 Å². The van der Waals surface area contributed by atoms with Gasteiger partial charge in [0, 0.05) is 19.3 Å². The van der Waals surface area contributed by atoms with Crippen molar-refractivity contribution in [2.45, 2.75) is 38.1 Å². The zero-order valence-corrected chi connectivity index (χ0v) is 11.4. The molecule has 1 heterocycles. The summed E-state index contributed by atoms with van der Waals surface area (Å²) < 4.78 is 0. The Balaban J connectivity index is 1.64. The highest BCUT2D eigenvalue weighted by Crippen LogP contribution is 2.47. The van der Waals surface area contributed by atoms with Gasteiger partial charge in [-0.05, 0) is 56.1 Å². The van der Waals surface area contributed by atoms with Crippen molar-refractivity contribution in [1.82, 2.24) is 10.3 Å². The highest BCUT2D eigenvalue weighted by Gasteiger charge is 2.39. The molecule has 2 aliphatic rings. The predicted molar refractivity (Wildman–Crippen MR) is 75.1 cm³/mol. The molecule has 1 aromatic rings. The second kappa shape index (κ2) is 5.19. The predicted octanol–water partition coefficient (Wildman–Crippen LogP) is 2.43. The minimum Gasteiger partial charge on any atom is -0.372 e. The quantitative estimate of drug-likeness (QED) is 0.876. The Labute approximate surface area is 114 Å². The van der Waals surface area contributed by atoms with E-state index in [9.17, 15) is 4.79 Å². The zero-order chi connectivity index (χ0) is 13.2. The van der Waals surface area contributed by atoms with Gasteiger partial charge in [-0.3, -0.25) is 4.79 Å². The first-order valence-electron chi connectivity index (χ1n) is 7.21. The van der Waals surface area contributed by atoms with Crippen molar-refractivity contribution >= 4 is 11.7 Å². The summed E-state index contributed by atoms with van der Waals surface area (Å²) in [5.74, 6) is 2.55. The summed E-state index contributed by atoms with van der Waals surface area (Å²) in [6, 6.07) is 3.96. The molecule has 2 saturated carbocycles. The molecule has 0 bridgehead atoms. The Kier molecular flexibility index (Phi) is 3.40. The first-order valence-corrected chi connectivity index (χ1v) is 7.21. The molecule has 2 aliphatic carbocycles. The summed E-state index contributed by atoms with van der Waals surface area (Å²) in [5.41, 5.74) is 0.638. The molecule has 2 N–H and O–H groups in total. The second-order valence-corrected chi connectivity index (χ2v) is 5.73. The molecule has 2 fully saturated rings. The van der Waals surface area contributed by atoms with Crippen molar-refractivity contribution in [2.24, 2.45) is 11.8 Å². The van der Waals surface area contributed by atoms with Crippen LogP contribution in [0.4, 0.5) is 5.82 Å². The third kappa shape index (κ3) is 2.72. The molecule has 102 valence electrons. The van der Waals surface area contributed by atoms with Crippen LogP contribution in [-0.4, -0.2) is 24.0 Å². The van der Waals surface area contributed by atoms with E-state index in [1.807, 2.05) is 6.07 Å². The van der Waals surface area contributed by atoms with Gasteiger partial charge in [-0.1, -0.05) is 0 Å². The smallest absolute Gasteiger partial charge is 0.255 e. The molecule has 0 aliphatic heterocycles. The van der Waals surface area contributed by atoms with Gasteiger partial charge < -0.3 is 10.6 Å². The van der Waals surface area contributed by atoms with Crippen LogP contribution < -0.4 is 10.6 Å². The van der Waals surface area contributed by atoms with E-state index in [-0.39, 0.29) is 5.91 Å². The lowest BCUT2D eigenvalue weighted by molar-refractivity contribution is 0.0933. The van der Waals surface area contributed by atoms with Gasteiger partial charge in [-0.2, -0.15) is 0 Å². The minimum absolute atomic E-state index is 0.00183. The second-order valence-electron chi connectivity index (χ2n) is 5.73. The lowest BCUT2D eigenvalue weighted by Gasteiger charge is -2.18. The summed E-state index contributed by atoms with van der Waals surface area (Å²) >= 11 is 0. The highest BCUT2D eigenvalue weighted by atomic mass is 16.1. The average molecular weight is 259 g/mol. The minimum atomic E-state index is -0.00183. The number of carbonyl (C=O) groups excluding carboxylic acids is 1. The fraction of sp³-hybridized carbons (Fsp3) is 0.600. The first-order chi connectivity index (χ1) is 9.28. The van der Waals surface area contributed by atoms with Crippen LogP contribution in [0.25, 0.3) is 0 Å². The van der Waals surface area contributed by atoms with Gasteiger partial charge in [0.25, 0.3) is 5.91 Å². The maximum Gasteiger partial charge on any atom is 0.255 e. The Bertz CT molecular complexity index is 462. The molecule has 0 saturated heterocycles. The van der Waals surface area contributed by atoms with Gasteiger partial charge in [0.15, 0.2) is 0 Å². The van der Waals surface area contributed by atoms with Crippen LogP contribution in [0.3, 0.4) is 0 Å². The Morgan fingerprint density at radius 3 is 2.68 bits per heavy atom. The normalized spacial score (nSPS) is 29.0. The molecule has 3 rings (SSSR count). The number of anilines is 1. The Hall–Kier alpha value is -1.58. The zero-order valence-electron chi connectivity index (χ0n) is 11.4. The van der Waals surface area contributed by atoms with Gasteiger partial charge in [-0.15, -0.1) is 0 Å². The number of amides is 1. The van der Waals surface area contributed by atoms with Crippen LogP contribution in [-0.2, 0) is 0 Å². The molecule has 2 atom stereocenters. The van der Waals surface area contributed by atoms with E-state index >= 15 is 0 Å². The first kappa shape index (κ1) is 12.5. The number of hydrogen-bond acceptors (Lipinski definition) is 3. The molecular weight excluding hydrogens is 238 g/mol. The van der Waals surface area contributed by atoms with E-state index in [1.54, 1.807) is 19.3 Å². The third-order valence-corrected chi connectivity index (χ3v) is 4.47. The lowest BCUT2D eigenvalue weighted by Crippen LogP contribution is -2.35. The van der Waals surface area contributed by atoms with Gasteiger partial charge in [0.2, 0.25) is 0 Å². The summed E-state index contributed by atoms with van der Waals surface area (Å²) in [6.45, 7) is 0. The SMILES string of the molecule is CNc1ncccc1C(=O)NC1CCC2CC2CC1. The molecule has 0 aromatic carbocycles. The van der Waals surface area contributed by atoms with E-state index in [2.05, 4.69) is 15.6 Å². The molecule has 1 amide bonds. The number of carbonyl (C=O) groups is 1. The van der Waals surface area contributed by atoms with Crippen molar-refractivity contribution in [2.75, 3.05) is 12.4 Å². The summed E-state index contributed by atoms with van der Waals surface area (Å²) in [4.78, 5) is 16.5. The Morgan fingerprint density at radius 1 is 1.26 bits per heavy atom. The van der Waals surface area contributed by atoms with Crippen LogP contribution >= 0.6 is 0 Å². The maximum atomic E-state index is 12.3.